The number of aromatic nitrogens is 1. The summed E-state index contributed by atoms with van der Waals surface area (Å²) >= 11 is 0. The van der Waals surface area contributed by atoms with Gasteiger partial charge in [0.25, 0.3) is 0 Å². The molecule has 162 valence electrons. The molecule has 1 aliphatic heterocycles. The van der Waals surface area contributed by atoms with Crippen molar-refractivity contribution in [3.63, 3.8) is 0 Å². The molecule has 1 atom stereocenters. The molecule has 1 aromatic heterocycles. The van der Waals surface area contributed by atoms with Crippen molar-refractivity contribution in [2.45, 2.75) is 10.8 Å². The van der Waals surface area contributed by atoms with Gasteiger partial charge < -0.3 is 5.73 Å². The summed E-state index contributed by atoms with van der Waals surface area (Å²) in [6.07, 6.45) is 3.25. The molecule has 8 heteroatoms. The molecule has 1 unspecified atom stereocenters. The summed E-state index contributed by atoms with van der Waals surface area (Å²) in [6.45, 7) is -0.0546. The number of sulfonamides is 1. The number of carbonyl (C=O) groups is 2. The first-order chi connectivity index (χ1) is 15.4. The topological polar surface area (TPSA) is 110 Å². The Bertz CT molecular complexity index is 1270. The SMILES string of the molecule is NC(=O)c1ccc(S(=O)(=O)N2CC(=Cc3ccccn3)C(=O)C(c3ccccc3)C2)cc1. The fraction of sp³-hybridized carbons (Fsp3) is 0.125. The van der Waals surface area contributed by atoms with Gasteiger partial charge in [0.2, 0.25) is 15.9 Å². The Morgan fingerprint density at radius 3 is 2.31 bits per heavy atom. The molecule has 2 aromatic carbocycles. The van der Waals surface area contributed by atoms with E-state index in [-0.39, 0.29) is 29.3 Å². The summed E-state index contributed by atoms with van der Waals surface area (Å²) < 4.78 is 28.1. The maximum absolute atomic E-state index is 13.4. The quantitative estimate of drug-likeness (QED) is 0.605. The smallest absolute Gasteiger partial charge is 0.248 e. The van der Waals surface area contributed by atoms with Crippen molar-refractivity contribution < 1.29 is 18.0 Å². The van der Waals surface area contributed by atoms with E-state index in [2.05, 4.69) is 4.98 Å². The van der Waals surface area contributed by atoms with Gasteiger partial charge in [-0.2, -0.15) is 4.31 Å². The van der Waals surface area contributed by atoms with Crippen LogP contribution in [-0.2, 0) is 14.8 Å². The molecule has 2 N–H and O–H groups in total. The van der Waals surface area contributed by atoms with Gasteiger partial charge in [-0.15, -0.1) is 0 Å². The molecule has 0 radical (unpaired) electrons. The minimum Gasteiger partial charge on any atom is -0.366 e. The summed E-state index contributed by atoms with van der Waals surface area (Å²) in [5, 5.41) is 0. The fourth-order valence-electron chi connectivity index (χ4n) is 3.66. The molecule has 2 heterocycles. The highest BCUT2D eigenvalue weighted by Crippen LogP contribution is 2.31. The number of hydrogen-bond donors (Lipinski definition) is 1. The summed E-state index contributed by atoms with van der Waals surface area (Å²) in [5.41, 5.74) is 7.16. The zero-order valence-electron chi connectivity index (χ0n) is 17.1. The lowest BCUT2D eigenvalue weighted by Gasteiger charge is -2.33. The molecule has 1 fully saturated rings. The van der Waals surface area contributed by atoms with E-state index < -0.39 is 21.8 Å². The maximum Gasteiger partial charge on any atom is 0.248 e. The normalized spacial score (nSPS) is 18.6. The second kappa shape index (κ2) is 8.86. The fourth-order valence-corrected chi connectivity index (χ4v) is 5.10. The highest BCUT2D eigenvalue weighted by atomic mass is 32.2. The van der Waals surface area contributed by atoms with Gasteiger partial charge in [0.1, 0.15) is 0 Å². The molecule has 0 spiro atoms. The van der Waals surface area contributed by atoms with Gasteiger partial charge >= 0.3 is 0 Å². The highest BCUT2D eigenvalue weighted by molar-refractivity contribution is 7.89. The Labute approximate surface area is 186 Å². The van der Waals surface area contributed by atoms with E-state index in [0.717, 1.165) is 5.56 Å². The van der Waals surface area contributed by atoms with E-state index >= 15 is 0 Å². The Hall–Kier alpha value is -3.62. The van der Waals surface area contributed by atoms with Crippen molar-refractivity contribution >= 4 is 27.8 Å². The van der Waals surface area contributed by atoms with E-state index in [1.165, 1.54) is 28.6 Å². The van der Waals surface area contributed by atoms with Crippen LogP contribution >= 0.6 is 0 Å². The van der Waals surface area contributed by atoms with Crippen molar-refractivity contribution in [3.05, 3.63) is 101 Å². The number of ketones is 1. The van der Waals surface area contributed by atoms with Gasteiger partial charge in [0.05, 0.1) is 16.5 Å². The summed E-state index contributed by atoms with van der Waals surface area (Å²) in [5.74, 6) is -1.40. The zero-order chi connectivity index (χ0) is 22.7. The molecule has 0 aliphatic carbocycles. The van der Waals surface area contributed by atoms with Crippen LogP contribution in [-0.4, -0.2) is 42.5 Å². The average molecular weight is 448 g/mol. The zero-order valence-corrected chi connectivity index (χ0v) is 17.9. The van der Waals surface area contributed by atoms with E-state index in [1.807, 2.05) is 30.3 Å². The first-order valence-electron chi connectivity index (χ1n) is 9.97. The molecule has 1 saturated heterocycles. The molecular weight excluding hydrogens is 426 g/mol. The second-order valence-electron chi connectivity index (χ2n) is 7.44. The van der Waals surface area contributed by atoms with Crippen LogP contribution in [0.25, 0.3) is 6.08 Å². The minimum atomic E-state index is -3.93. The number of nitrogens with two attached hydrogens (primary N) is 1. The summed E-state index contributed by atoms with van der Waals surface area (Å²) in [6, 6.07) is 19.9. The van der Waals surface area contributed by atoms with Gasteiger partial charge in [0, 0.05) is 30.4 Å². The van der Waals surface area contributed by atoms with E-state index in [4.69, 9.17) is 5.73 Å². The molecule has 32 heavy (non-hydrogen) atoms. The number of amides is 1. The number of nitrogens with zero attached hydrogens (tertiary/aromatic N) is 2. The minimum absolute atomic E-state index is 0.0162. The van der Waals surface area contributed by atoms with Gasteiger partial charge in [0.15, 0.2) is 5.78 Å². The largest absolute Gasteiger partial charge is 0.366 e. The van der Waals surface area contributed by atoms with Crippen molar-refractivity contribution in [1.82, 2.24) is 9.29 Å². The Morgan fingerprint density at radius 1 is 1.00 bits per heavy atom. The lowest BCUT2D eigenvalue weighted by atomic mass is 9.87. The molecule has 7 nitrogen and oxygen atoms in total. The maximum atomic E-state index is 13.4. The highest BCUT2D eigenvalue weighted by Gasteiger charge is 2.38. The van der Waals surface area contributed by atoms with Crippen LogP contribution in [0.15, 0.2) is 89.5 Å². The van der Waals surface area contributed by atoms with Crippen molar-refractivity contribution in [1.29, 1.82) is 0 Å². The number of primary amides is 1. The second-order valence-corrected chi connectivity index (χ2v) is 9.38. The average Bonchev–Trinajstić information content (AvgIpc) is 2.81. The third-order valence-corrected chi connectivity index (χ3v) is 7.18. The van der Waals surface area contributed by atoms with Crippen LogP contribution in [0.2, 0.25) is 0 Å². The standard InChI is InChI=1S/C24H21N3O4S/c25-24(29)18-9-11-21(12-10-18)32(30,31)27-15-19(14-20-8-4-5-13-26-20)23(28)22(16-27)17-6-2-1-3-7-17/h1-14,22H,15-16H2,(H2,25,29). The van der Waals surface area contributed by atoms with E-state index in [1.54, 1.807) is 30.5 Å². The number of piperidine rings is 1. The number of pyridine rings is 1. The number of carbonyl (C=O) groups excluding carboxylic acids is 2. The third kappa shape index (κ3) is 4.37. The predicted octanol–water partition coefficient (Wildman–Crippen LogP) is 2.62. The lowest BCUT2D eigenvalue weighted by Crippen LogP contribution is -2.44. The summed E-state index contributed by atoms with van der Waals surface area (Å²) in [7, 11) is -3.93. The molecular formula is C24H21N3O4S. The Kier molecular flexibility index (Phi) is 5.98. The van der Waals surface area contributed by atoms with Crippen molar-refractivity contribution in [2.75, 3.05) is 13.1 Å². The Morgan fingerprint density at radius 2 is 1.69 bits per heavy atom. The Balaban J connectivity index is 1.74. The van der Waals surface area contributed by atoms with Crippen LogP contribution in [0.3, 0.4) is 0 Å². The van der Waals surface area contributed by atoms with Crippen molar-refractivity contribution in [3.8, 4) is 0 Å². The first-order valence-corrected chi connectivity index (χ1v) is 11.4. The van der Waals surface area contributed by atoms with Gasteiger partial charge in [-0.3, -0.25) is 14.6 Å². The van der Waals surface area contributed by atoms with Gasteiger partial charge in [-0.05, 0) is 48.0 Å². The first kappa shape index (κ1) is 21.6. The van der Waals surface area contributed by atoms with Crippen LogP contribution in [0.4, 0.5) is 0 Å². The molecule has 1 aliphatic rings. The van der Waals surface area contributed by atoms with Crippen molar-refractivity contribution in [2.24, 2.45) is 5.73 Å². The molecule has 0 bridgehead atoms. The number of Topliss-reactive ketones (excluding diaryl/α,β-unsaturated/α-hetero) is 1. The van der Waals surface area contributed by atoms with Crippen LogP contribution in [0.1, 0.15) is 27.5 Å². The van der Waals surface area contributed by atoms with Crippen LogP contribution < -0.4 is 5.73 Å². The lowest BCUT2D eigenvalue weighted by molar-refractivity contribution is -0.118. The monoisotopic (exact) mass is 447 g/mol. The number of hydrogen-bond acceptors (Lipinski definition) is 5. The van der Waals surface area contributed by atoms with E-state index in [0.29, 0.717) is 11.3 Å². The molecule has 1 amide bonds. The predicted molar refractivity (Wildman–Crippen MR) is 120 cm³/mol. The van der Waals surface area contributed by atoms with Gasteiger partial charge in [-0.1, -0.05) is 36.4 Å². The molecule has 0 saturated carbocycles. The third-order valence-electron chi connectivity index (χ3n) is 5.35. The molecule has 4 rings (SSSR count). The molecule has 3 aromatic rings. The summed E-state index contributed by atoms with van der Waals surface area (Å²) in [4.78, 5) is 28.9. The number of benzene rings is 2. The van der Waals surface area contributed by atoms with E-state index in [9.17, 15) is 18.0 Å². The van der Waals surface area contributed by atoms with Crippen LogP contribution in [0.5, 0.6) is 0 Å². The van der Waals surface area contributed by atoms with Crippen LogP contribution in [0, 0.1) is 0 Å². The number of rotatable bonds is 5. The van der Waals surface area contributed by atoms with Gasteiger partial charge in [-0.25, -0.2) is 8.42 Å².